The number of hydrogen-bond acceptors (Lipinski definition) is 4. The first-order valence-corrected chi connectivity index (χ1v) is 6.36. The predicted octanol–water partition coefficient (Wildman–Crippen LogP) is 2.07. The van der Waals surface area contributed by atoms with Crippen LogP contribution in [-0.4, -0.2) is 25.1 Å². The Bertz CT molecular complexity index is 334. The van der Waals surface area contributed by atoms with Crippen molar-refractivity contribution in [1.82, 2.24) is 0 Å². The molecule has 0 aromatic carbocycles. The molecule has 18 heavy (non-hydrogen) atoms. The van der Waals surface area contributed by atoms with Crippen LogP contribution in [0.15, 0.2) is 35.8 Å². The van der Waals surface area contributed by atoms with Crippen LogP contribution in [0.4, 0.5) is 0 Å². The highest BCUT2D eigenvalue weighted by atomic mass is 16.6. The lowest BCUT2D eigenvalue weighted by atomic mass is 9.99. The fourth-order valence-electron chi connectivity index (χ4n) is 1.65. The van der Waals surface area contributed by atoms with Gasteiger partial charge in [0.15, 0.2) is 6.29 Å². The van der Waals surface area contributed by atoms with Crippen LogP contribution in [-0.2, 0) is 9.47 Å². The second-order valence-electron chi connectivity index (χ2n) is 4.32. The molecule has 0 aliphatic heterocycles. The van der Waals surface area contributed by atoms with E-state index in [0.717, 1.165) is 31.6 Å². The quantitative estimate of drug-likeness (QED) is 0.538. The molecule has 0 fully saturated rings. The molecule has 0 aromatic heterocycles. The molecule has 0 bridgehead atoms. The zero-order chi connectivity index (χ0) is 13.4. The molecule has 3 N–H and O–H groups in total. The van der Waals surface area contributed by atoms with Gasteiger partial charge in [0.25, 0.3) is 0 Å². The van der Waals surface area contributed by atoms with Gasteiger partial charge in [-0.15, -0.1) is 0 Å². The van der Waals surface area contributed by atoms with Crippen LogP contribution in [0.5, 0.6) is 0 Å². The van der Waals surface area contributed by atoms with Crippen molar-refractivity contribution < 1.29 is 14.6 Å². The first kappa shape index (κ1) is 14.8. The molecular formula is C14H23NO3. The number of aliphatic hydroxyl groups is 1. The third-order valence-electron chi connectivity index (χ3n) is 2.78. The minimum Gasteiger partial charge on any atom is -0.494 e. The number of ether oxygens (including phenoxy) is 2. The van der Waals surface area contributed by atoms with E-state index >= 15 is 0 Å². The van der Waals surface area contributed by atoms with E-state index in [4.69, 9.17) is 15.2 Å². The Kier molecular flexibility index (Phi) is 6.54. The molecule has 0 spiro atoms. The molecule has 102 valence electrons. The van der Waals surface area contributed by atoms with Gasteiger partial charge < -0.3 is 20.3 Å². The summed E-state index contributed by atoms with van der Waals surface area (Å²) in [6.07, 6.45) is 9.84. The SMILES string of the molecule is CCCCOC1=CCC(/C=C(\N)[C@@H](O)OC)C=C1. The number of nitrogens with two attached hydrogens (primary N) is 1. The fraction of sp³-hybridized carbons (Fsp3) is 0.571. The van der Waals surface area contributed by atoms with E-state index in [1.54, 1.807) is 0 Å². The van der Waals surface area contributed by atoms with Gasteiger partial charge in [-0.05, 0) is 25.0 Å². The summed E-state index contributed by atoms with van der Waals surface area (Å²) in [5.41, 5.74) is 6.04. The second-order valence-corrected chi connectivity index (χ2v) is 4.32. The van der Waals surface area contributed by atoms with Gasteiger partial charge in [0, 0.05) is 13.0 Å². The maximum absolute atomic E-state index is 9.37. The van der Waals surface area contributed by atoms with Crippen molar-refractivity contribution in [1.29, 1.82) is 0 Å². The molecule has 0 heterocycles. The summed E-state index contributed by atoms with van der Waals surface area (Å²) in [6.45, 7) is 2.90. The highest BCUT2D eigenvalue weighted by Crippen LogP contribution is 2.19. The number of methoxy groups -OCH3 is 1. The van der Waals surface area contributed by atoms with Crippen LogP contribution in [0.1, 0.15) is 26.2 Å². The zero-order valence-corrected chi connectivity index (χ0v) is 11.1. The Hall–Kier alpha value is -1.26. The van der Waals surface area contributed by atoms with Gasteiger partial charge >= 0.3 is 0 Å². The first-order valence-electron chi connectivity index (χ1n) is 6.36. The van der Waals surface area contributed by atoms with E-state index in [1.807, 2.05) is 24.3 Å². The van der Waals surface area contributed by atoms with Crippen molar-refractivity contribution >= 4 is 0 Å². The summed E-state index contributed by atoms with van der Waals surface area (Å²) in [4.78, 5) is 0. The normalized spacial score (nSPS) is 21.6. The smallest absolute Gasteiger partial charge is 0.195 e. The molecule has 4 heteroatoms. The average molecular weight is 253 g/mol. The van der Waals surface area contributed by atoms with Gasteiger partial charge in [0.2, 0.25) is 0 Å². The van der Waals surface area contributed by atoms with Gasteiger partial charge in [-0.3, -0.25) is 0 Å². The Labute approximate surface area is 109 Å². The fourth-order valence-corrected chi connectivity index (χ4v) is 1.65. The lowest BCUT2D eigenvalue weighted by Crippen LogP contribution is -2.20. The highest BCUT2D eigenvalue weighted by molar-refractivity contribution is 5.22. The van der Waals surface area contributed by atoms with Crippen molar-refractivity contribution in [3.8, 4) is 0 Å². The molecule has 0 saturated carbocycles. The van der Waals surface area contributed by atoms with Gasteiger partial charge in [-0.1, -0.05) is 25.5 Å². The average Bonchev–Trinajstić information content (AvgIpc) is 2.40. The number of allylic oxidation sites excluding steroid dienone is 4. The summed E-state index contributed by atoms with van der Waals surface area (Å²) in [5.74, 6) is 1.10. The number of rotatable bonds is 7. The Morgan fingerprint density at radius 2 is 2.44 bits per heavy atom. The second kappa shape index (κ2) is 7.95. The Morgan fingerprint density at radius 1 is 1.67 bits per heavy atom. The maximum Gasteiger partial charge on any atom is 0.195 e. The van der Waals surface area contributed by atoms with Crippen molar-refractivity contribution in [2.45, 2.75) is 32.5 Å². The van der Waals surface area contributed by atoms with E-state index in [9.17, 15) is 5.11 Å². The lowest BCUT2D eigenvalue weighted by molar-refractivity contribution is -0.0459. The molecule has 0 saturated heterocycles. The molecule has 1 unspecified atom stereocenters. The molecule has 1 aliphatic rings. The molecule has 0 amide bonds. The van der Waals surface area contributed by atoms with E-state index in [1.165, 1.54) is 7.11 Å². The van der Waals surface area contributed by atoms with E-state index in [-0.39, 0.29) is 5.92 Å². The highest BCUT2D eigenvalue weighted by Gasteiger charge is 2.11. The molecule has 4 nitrogen and oxygen atoms in total. The monoisotopic (exact) mass is 253 g/mol. The predicted molar refractivity (Wildman–Crippen MR) is 71.5 cm³/mol. The van der Waals surface area contributed by atoms with E-state index in [0.29, 0.717) is 5.70 Å². The molecule has 0 aromatic rings. The van der Waals surface area contributed by atoms with Crippen molar-refractivity contribution in [2.24, 2.45) is 11.7 Å². The number of unbranched alkanes of at least 4 members (excludes halogenated alkanes) is 1. The van der Waals surface area contributed by atoms with Crippen molar-refractivity contribution in [3.63, 3.8) is 0 Å². The van der Waals surface area contributed by atoms with Crippen LogP contribution in [0, 0.1) is 5.92 Å². The molecule has 0 radical (unpaired) electrons. The topological polar surface area (TPSA) is 64.7 Å². The molecule has 1 rings (SSSR count). The van der Waals surface area contributed by atoms with E-state index < -0.39 is 6.29 Å². The van der Waals surface area contributed by atoms with Crippen molar-refractivity contribution in [3.05, 3.63) is 35.8 Å². The Balaban J connectivity index is 2.41. The van der Waals surface area contributed by atoms with Crippen LogP contribution < -0.4 is 5.73 Å². The van der Waals surface area contributed by atoms with Crippen LogP contribution in [0.2, 0.25) is 0 Å². The summed E-state index contributed by atoms with van der Waals surface area (Å²) in [7, 11) is 1.42. The standard InChI is InChI=1S/C14H23NO3/c1-3-4-9-18-12-7-5-11(6-8-12)10-13(15)14(16)17-2/h5,7-8,10-11,14,16H,3-4,6,9,15H2,1-2H3/b13-10-/t11?,14-/m0/s1. The number of hydrogen-bond donors (Lipinski definition) is 2. The van der Waals surface area contributed by atoms with Crippen LogP contribution >= 0.6 is 0 Å². The lowest BCUT2D eigenvalue weighted by Gasteiger charge is -2.16. The molecular weight excluding hydrogens is 230 g/mol. The largest absolute Gasteiger partial charge is 0.494 e. The summed E-state index contributed by atoms with van der Waals surface area (Å²) in [5, 5.41) is 9.37. The number of aliphatic hydroxyl groups excluding tert-OH is 1. The van der Waals surface area contributed by atoms with Gasteiger partial charge in [-0.25, -0.2) is 0 Å². The molecule has 1 aliphatic carbocycles. The van der Waals surface area contributed by atoms with E-state index in [2.05, 4.69) is 6.92 Å². The van der Waals surface area contributed by atoms with Crippen LogP contribution in [0.3, 0.4) is 0 Å². The third-order valence-corrected chi connectivity index (χ3v) is 2.78. The van der Waals surface area contributed by atoms with Crippen LogP contribution in [0.25, 0.3) is 0 Å². The molecule has 2 atom stereocenters. The summed E-state index contributed by atoms with van der Waals surface area (Å²) < 4.78 is 10.3. The van der Waals surface area contributed by atoms with Crippen molar-refractivity contribution in [2.75, 3.05) is 13.7 Å². The van der Waals surface area contributed by atoms with Gasteiger partial charge in [0.05, 0.1) is 12.3 Å². The third kappa shape index (κ3) is 4.94. The van der Waals surface area contributed by atoms with Gasteiger partial charge in [0.1, 0.15) is 5.76 Å². The zero-order valence-electron chi connectivity index (χ0n) is 11.1. The summed E-state index contributed by atoms with van der Waals surface area (Å²) in [6, 6.07) is 0. The summed E-state index contributed by atoms with van der Waals surface area (Å²) >= 11 is 0. The van der Waals surface area contributed by atoms with Gasteiger partial charge in [-0.2, -0.15) is 0 Å². The Morgan fingerprint density at radius 3 is 3.00 bits per heavy atom. The first-order chi connectivity index (χ1) is 8.67. The minimum atomic E-state index is -1.02. The minimum absolute atomic E-state index is 0.188. The maximum atomic E-state index is 9.37.